The lowest BCUT2D eigenvalue weighted by Crippen LogP contribution is -2.19. The molecule has 0 aliphatic rings. The third-order valence-corrected chi connectivity index (χ3v) is 3.23. The molecule has 0 aliphatic heterocycles. The summed E-state index contributed by atoms with van der Waals surface area (Å²) in [6.45, 7) is 2.41. The molecule has 18 heavy (non-hydrogen) atoms. The molecule has 1 aromatic heterocycles. The van der Waals surface area contributed by atoms with Gasteiger partial charge in [0.05, 0.1) is 13.7 Å². The molecule has 1 aromatic carbocycles. The van der Waals surface area contributed by atoms with Gasteiger partial charge in [-0.15, -0.1) is 0 Å². The average Bonchev–Trinajstić information content (AvgIpc) is 2.33. The summed E-state index contributed by atoms with van der Waals surface area (Å²) in [6, 6.07) is 9.32. The van der Waals surface area contributed by atoms with Gasteiger partial charge < -0.3 is 9.30 Å². The van der Waals surface area contributed by atoms with Crippen LogP contribution in [0.15, 0.2) is 45.8 Å². The lowest BCUT2D eigenvalue weighted by atomic mass is 10.2. The van der Waals surface area contributed by atoms with Gasteiger partial charge in [-0.2, -0.15) is 0 Å². The lowest BCUT2D eigenvalue weighted by molar-refractivity contribution is 0.408. The highest BCUT2D eigenvalue weighted by Crippen LogP contribution is 2.23. The first-order valence-corrected chi connectivity index (χ1v) is 6.39. The van der Waals surface area contributed by atoms with Crippen LogP contribution in [0, 0.1) is 6.92 Å². The molecule has 0 saturated heterocycles. The normalized spacial score (nSPS) is 10.4. The molecule has 0 radical (unpaired) electrons. The summed E-state index contributed by atoms with van der Waals surface area (Å²) in [5, 5.41) is 0. The molecule has 0 N–H and O–H groups in total. The van der Waals surface area contributed by atoms with E-state index in [4.69, 9.17) is 4.74 Å². The Labute approximate surface area is 114 Å². The van der Waals surface area contributed by atoms with Crippen molar-refractivity contribution in [2.24, 2.45) is 0 Å². The van der Waals surface area contributed by atoms with Gasteiger partial charge in [0.25, 0.3) is 5.56 Å². The minimum atomic E-state index is -0.00275. The molecule has 3 nitrogen and oxygen atoms in total. The monoisotopic (exact) mass is 307 g/mol. The van der Waals surface area contributed by atoms with Gasteiger partial charge in [-0.3, -0.25) is 4.79 Å². The van der Waals surface area contributed by atoms with Crippen molar-refractivity contribution < 1.29 is 4.74 Å². The maximum Gasteiger partial charge on any atom is 0.251 e. The molecule has 0 saturated carbocycles. The first-order valence-electron chi connectivity index (χ1n) is 5.59. The third kappa shape index (κ3) is 2.82. The van der Waals surface area contributed by atoms with Crippen molar-refractivity contribution in [3.63, 3.8) is 0 Å². The molecular formula is C14H14BrNO2. The molecule has 0 amide bonds. The molecule has 1 heterocycles. The Bertz CT molecular complexity index is 619. The Morgan fingerprint density at radius 1 is 1.28 bits per heavy atom. The summed E-state index contributed by atoms with van der Waals surface area (Å²) in [4.78, 5) is 11.8. The van der Waals surface area contributed by atoms with Crippen LogP contribution < -0.4 is 10.3 Å². The van der Waals surface area contributed by atoms with Gasteiger partial charge in [0.1, 0.15) is 5.75 Å². The van der Waals surface area contributed by atoms with E-state index >= 15 is 0 Å². The van der Waals surface area contributed by atoms with Crippen LogP contribution in [-0.2, 0) is 6.54 Å². The zero-order chi connectivity index (χ0) is 13.1. The first-order chi connectivity index (χ1) is 8.60. The summed E-state index contributed by atoms with van der Waals surface area (Å²) >= 11 is 3.43. The fourth-order valence-electron chi connectivity index (χ4n) is 1.79. The molecular weight excluding hydrogens is 294 g/mol. The van der Waals surface area contributed by atoms with Crippen LogP contribution in [-0.4, -0.2) is 11.7 Å². The second kappa shape index (κ2) is 5.40. The van der Waals surface area contributed by atoms with E-state index in [1.807, 2.05) is 31.2 Å². The van der Waals surface area contributed by atoms with E-state index < -0.39 is 0 Å². The van der Waals surface area contributed by atoms with Crippen molar-refractivity contribution >= 4 is 15.9 Å². The molecule has 0 spiro atoms. The molecule has 2 rings (SSSR count). The van der Waals surface area contributed by atoms with Crippen LogP contribution in [0.2, 0.25) is 0 Å². The number of pyridine rings is 1. The number of halogens is 1. The molecule has 0 atom stereocenters. The highest BCUT2D eigenvalue weighted by Gasteiger charge is 2.05. The number of aryl methyl sites for hydroxylation is 1. The predicted molar refractivity (Wildman–Crippen MR) is 75.2 cm³/mol. The van der Waals surface area contributed by atoms with Gasteiger partial charge in [0, 0.05) is 22.3 Å². The van der Waals surface area contributed by atoms with E-state index in [-0.39, 0.29) is 5.56 Å². The average molecular weight is 308 g/mol. The largest absolute Gasteiger partial charge is 0.496 e. The fourth-order valence-corrected chi connectivity index (χ4v) is 2.20. The highest BCUT2D eigenvalue weighted by atomic mass is 79.9. The quantitative estimate of drug-likeness (QED) is 0.873. The van der Waals surface area contributed by atoms with Crippen molar-refractivity contribution in [2.75, 3.05) is 7.11 Å². The smallest absolute Gasteiger partial charge is 0.251 e. The molecule has 4 heteroatoms. The van der Waals surface area contributed by atoms with Crippen LogP contribution in [0.1, 0.15) is 11.1 Å². The number of hydrogen-bond donors (Lipinski definition) is 0. The molecule has 0 bridgehead atoms. The molecule has 0 unspecified atom stereocenters. The number of ether oxygens (including phenoxy) is 1. The van der Waals surface area contributed by atoms with E-state index in [2.05, 4.69) is 15.9 Å². The standard InChI is InChI=1S/C14H14BrNO2/c1-10-5-6-16(14(17)7-10)9-11-8-12(15)3-4-13(11)18-2/h3-8H,9H2,1-2H3. The van der Waals surface area contributed by atoms with E-state index in [1.54, 1.807) is 23.9 Å². The van der Waals surface area contributed by atoms with Crippen LogP contribution in [0.4, 0.5) is 0 Å². The molecule has 2 aromatic rings. The van der Waals surface area contributed by atoms with Crippen molar-refractivity contribution in [1.82, 2.24) is 4.57 Å². The van der Waals surface area contributed by atoms with Gasteiger partial charge in [-0.05, 0) is 36.8 Å². The van der Waals surface area contributed by atoms with Crippen LogP contribution >= 0.6 is 15.9 Å². The Balaban J connectivity index is 2.39. The number of rotatable bonds is 3. The number of nitrogens with zero attached hydrogens (tertiary/aromatic N) is 1. The molecule has 94 valence electrons. The number of aromatic nitrogens is 1. The summed E-state index contributed by atoms with van der Waals surface area (Å²) in [5.41, 5.74) is 1.94. The van der Waals surface area contributed by atoms with Gasteiger partial charge in [-0.1, -0.05) is 15.9 Å². The Hall–Kier alpha value is -1.55. The van der Waals surface area contributed by atoms with Crippen LogP contribution in [0.5, 0.6) is 5.75 Å². The molecule has 0 fully saturated rings. The van der Waals surface area contributed by atoms with Gasteiger partial charge in [0.15, 0.2) is 0 Å². The summed E-state index contributed by atoms with van der Waals surface area (Å²) in [6.07, 6.45) is 1.80. The summed E-state index contributed by atoms with van der Waals surface area (Å²) in [5.74, 6) is 0.783. The second-order valence-corrected chi connectivity index (χ2v) is 5.04. The predicted octanol–water partition coefficient (Wildman–Crippen LogP) is 2.98. The maximum atomic E-state index is 11.8. The lowest BCUT2D eigenvalue weighted by Gasteiger charge is -2.11. The molecule has 0 aliphatic carbocycles. The minimum Gasteiger partial charge on any atom is -0.496 e. The minimum absolute atomic E-state index is 0.00275. The highest BCUT2D eigenvalue weighted by molar-refractivity contribution is 9.10. The van der Waals surface area contributed by atoms with Crippen molar-refractivity contribution in [2.45, 2.75) is 13.5 Å². The topological polar surface area (TPSA) is 31.2 Å². The third-order valence-electron chi connectivity index (χ3n) is 2.73. The van der Waals surface area contributed by atoms with Crippen molar-refractivity contribution in [3.05, 3.63) is 62.5 Å². The van der Waals surface area contributed by atoms with Crippen molar-refractivity contribution in [3.8, 4) is 5.75 Å². The Morgan fingerprint density at radius 3 is 2.72 bits per heavy atom. The first kappa shape index (κ1) is 12.9. The number of benzene rings is 1. The number of hydrogen-bond acceptors (Lipinski definition) is 2. The summed E-state index contributed by atoms with van der Waals surface area (Å²) in [7, 11) is 1.63. The fraction of sp³-hybridized carbons (Fsp3) is 0.214. The summed E-state index contributed by atoms with van der Waals surface area (Å²) < 4.78 is 7.93. The van der Waals surface area contributed by atoms with Crippen LogP contribution in [0.3, 0.4) is 0 Å². The Kier molecular flexibility index (Phi) is 3.87. The van der Waals surface area contributed by atoms with Gasteiger partial charge in [0.2, 0.25) is 0 Å². The van der Waals surface area contributed by atoms with Crippen LogP contribution in [0.25, 0.3) is 0 Å². The Morgan fingerprint density at radius 2 is 2.06 bits per heavy atom. The SMILES string of the molecule is COc1ccc(Br)cc1Cn1ccc(C)cc1=O. The van der Waals surface area contributed by atoms with E-state index in [1.165, 1.54) is 0 Å². The zero-order valence-corrected chi connectivity index (χ0v) is 11.9. The number of methoxy groups -OCH3 is 1. The van der Waals surface area contributed by atoms with E-state index in [9.17, 15) is 4.79 Å². The van der Waals surface area contributed by atoms with Gasteiger partial charge in [-0.25, -0.2) is 0 Å². The van der Waals surface area contributed by atoms with Crippen molar-refractivity contribution in [1.29, 1.82) is 0 Å². The van der Waals surface area contributed by atoms with E-state index in [0.717, 1.165) is 21.3 Å². The zero-order valence-electron chi connectivity index (χ0n) is 10.3. The van der Waals surface area contributed by atoms with Gasteiger partial charge >= 0.3 is 0 Å². The maximum absolute atomic E-state index is 11.8. The van der Waals surface area contributed by atoms with E-state index in [0.29, 0.717) is 6.54 Å². The second-order valence-electron chi connectivity index (χ2n) is 4.13.